The second kappa shape index (κ2) is 32.0. The number of aryl methyl sites for hydroxylation is 3. The predicted molar refractivity (Wildman–Crippen MR) is 345 cm³/mol. The van der Waals surface area contributed by atoms with Crippen LogP contribution in [0.2, 0.25) is 0 Å². The first kappa shape index (κ1) is 63.4. The van der Waals surface area contributed by atoms with E-state index in [-0.39, 0.29) is 28.9 Å². The first-order valence-electron chi connectivity index (χ1n) is 29.7. The number of pyridine rings is 3. The number of fused-ring (bicyclic) bond motifs is 3. The highest BCUT2D eigenvalue weighted by molar-refractivity contribution is 6.11. The molecule has 9 aromatic rings. The molecule has 0 saturated heterocycles. The number of anilines is 6. The Hall–Kier alpha value is -9.23. The Morgan fingerprint density at radius 2 is 0.776 bits per heavy atom. The standard InChI is InChI=1S/C25H28N2O3.C24H26N2O2.C23H24N2O2/c1-4-9-19(28)13-12-17-14-20-22(15-24(17)30-3)26-16-21(23(29)5-2)25(20)27-18-10-7-6-8-11-18;1-3-8-19(27)13-11-17-12-14-22-20(15-17)24(21(16-25-22)23(28)4-2)26-18-9-6-5-7-10-18;1-3-7-19(27)12-10-17-11-13-22-20(14-17)23(21(15-24-22)16(2)26)25-18-8-5-4-6-9-18/h6-8,10-11,14-16H,4-5,9,12-13H2,1-3H3,(H,26,27);5-7,9-10,12,14-16H,3-4,8,11,13H2,1-2H3,(H,25,26);4-6,8-9,11,13-15H,3,7,10,12H2,1-2H3,(H,24,25). The predicted octanol–water partition coefficient (Wildman–Crippen LogP) is 17.2. The molecule has 9 rings (SSSR count). The summed E-state index contributed by atoms with van der Waals surface area (Å²) in [7, 11) is 1.62. The summed E-state index contributed by atoms with van der Waals surface area (Å²) in [5.41, 5.74) is 12.2. The van der Waals surface area contributed by atoms with Crippen molar-refractivity contribution in [2.45, 2.75) is 131 Å². The lowest BCUT2D eigenvalue weighted by Gasteiger charge is -2.16. The van der Waals surface area contributed by atoms with Crippen LogP contribution in [0.3, 0.4) is 0 Å². The number of Topliss-reactive ketones (excluding diaryl/α,β-unsaturated/α-hetero) is 6. The fraction of sp³-hybridized carbons (Fsp3) is 0.292. The van der Waals surface area contributed by atoms with Gasteiger partial charge in [0.1, 0.15) is 23.1 Å². The van der Waals surface area contributed by atoms with E-state index >= 15 is 0 Å². The van der Waals surface area contributed by atoms with Crippen molar-refractivity contribution in [2.24, 2.45) is 0 Å². The van der Waals surface area contributed by atoms with Gasteiger partial charge in [-0.2, -0.15) is 0 Å². The number of ketones is 6. The molecule has 3 aromatic heterocycles. The van der Waals surface area contributed by atoms with Gasteiger partial charge >= 0.3 is 0 Å². The normalized spacial score (nSPS) is 10.8. The summed E-state index contributed by atoms with van der Waals surface area (Å²) >= 11 is 0. The van der Waals surface area contributed by atoms with E-state index in [9.17, 15) is 28.8 Å². The number of nitrogens with zero attached hydrogens (tertiary/aromatic N) is 3. The first-order valence-corrected chi connectivity index (χ1v) is 29.7. The van der Waals surface area contributed by atoms with Gasteiger partial charge in [0, 0.05) is 109 Å². The molecule has 0 aliphatic rings. The molecule has 0 spiro atoms. The fourth-order valence-electron chi connectivity index (χ4n) is 9.97. The lowest BCUT2D eigenvalue weighted by molar-refractivity contribution is -0.119. The molecule has 3 N–H and O–H groups in total. The van der Waals surface area contributed by atoms with Gasteiger partial charge in [-0.3, -0.25) is 43.7 Å². The fourth-order valence-corrected chi connectivity index (χ4v) is 9.97. The number of nitrogens with one attached hydrogen (secondary N) is 3. The van der Waals surface area contributed by atoms with Crippen LogP contribution in [0.1, 0.15) is 160 Å². The van der Waals surface area contributed by atoms with Crippen molar-refractivity contribution in [3.8, 4) is 5.75 Å². The molecule has 3 heterocycles. The zero-order valence-electron chi connectivity index (χ0n) is 50.1. The van der Waals surface area contributed by atoms with Crippen LogP contribution in [-0.4, -0.2) is 56.8 Å². The van der Waals surface area contributed by atoms with Gasteiger partial charge in [0.2, 0.25) is 0 Å². The molecule has 0 aliphatic carbocycles. The molecule has 85 heavy (non-hydrogen) atoms. The van der Waals surface area contributed by atoms with Gasteiger partial charge < -0.3 is 20.7 Å². The monoisotopic (exact) mass is 1140 g/mol. The van der Waals surface area contributed by atoms with Crippen molar-refractivity contribution in [1.82, 2.24) is 15.0 Å². The second-order valence-electron chi connectivity index (χ2n) is 21.0. The Balaban J connectivity index is 0.000000183. The number of methoxy groups -OCH3 is 1. The molecule has 0 saturated carbocycles. The minimum absolute atomic E-state index is 0.0262. The molecule has 438 valence electrons. The summed E-state index contributed by atoms with van der Waals surface area (Å²) in [6.07, 6.45) is 13.7. The Morgan fingerprint density at radius 1 is 0.412 bits per heavy atom. The third-order valence-electron chi connectivity index (χ3n) is 14.5. The molecule has 6 aromatic carbocycles. The van der Waals surface area contributed by atoms with Crippen molar-refractivity contribution in [2.75, 3.05) is 23.1 Å². The van der Waals surface area contributed by atoms with Crippen molar-refractivity contribution < 1.29 is 33.5 Å². The maximum absolute atomic E-state index is 12.6. The van der Waals surface area contributed by atoms with Crippen LogP contribution in [0.4, 0.5) is 34.1 Å². The smallest absolute Gasteiger partial charge is 0.166 e. The number of hydrogen-bond acceptors (Lipinski definition) is 13. The van der Waals surface area contributed by atoms with E-state index in [2.05, 4.69) is 37.0 Å². The van der Waals surface area contributed by atoms with Crippen LogP contribution in [0.5, 0.6) is 5.75 Å². The Bertz CT molecular complexity index is 3770. The van der Waals surface area contributed by atoms with E-state index < -0.39 is 0 Å². The maximum atomic E-state index is 12.6. The number of para-hydroxylation sites is 3. The lowest BCUT2D eigenvalue weighted by Crippen LogP contribution is -2.06. The molecule has 0 radical (unpaired) electrons. The molecular formula is C72H78N6O7. The van der Waals surface area contributed by atoms with E-state index in [1.165, 1.54) is 0 Å². The van der Waals surface area contributed by atoms with Gasteiger partial charge in [0.25, 0.3) is 0 Å². The summed E-state index contributed by atoms with van der Waals surface area (Å²) in [4.78, 5) is 86.6. The summed E-state index contributed by atoms with van der Waals surface area (Å²) in [6.45, 7) is 11.3. The third-order valence-corrected chi connectivity index (χ3v) is 14.5. The van der Waals surface area contributed by atoms with Gasteiger partial charge in [-0.15, -0.1) is 0 Å². The van der Waals surface area contributed by atoms with Gasteiger partial charge in [-0.05, 0) is 129 Å². The maximum Gasteiger partial charge on any atom is 0.166 e. The molecule has 0 aliphatic heterocycles. The SMILES string of the molecule is CCCC(=O)CCc1cc2c(Nc3ccccc3)c(C(=O)CC)cnc2cc1OC.CCCC(=O)CCc1ccc2ncc(C(=O)CC)c(Nc3ccccc3)c2c1.CCCC(=O)CCc1ccc2ncc(C(C)=O)c(Nc3ccccc3)c2c1. The largest absolute Gasteiger partial charge is 0.496 e. The molecule has 0 bridgehead atoms. The van der Waals surface area contributed by atoms with Crippen LogP contribution in [0.25, 0.3) is 32.7 Å². The van der Waals surface area contributed by atoms with E-state index in [1.54, 1.807) is 32.6 Å². The van der Waals surface area contributed by atoms with Crippen molar-refractivity contribution in [3.05, 3.63) is 191 Å². The van der Waals surface area contributed by atoms with Gasteiger partial charge in [0.05, 0.1) is 57.4 Å². The van der Waals surface area contributed by atoms with Crippen molar-refractivity contribution in [1.29, 1.82) is 0 Å². The summed E-state index contributed by atoms with van der Waals surface area (Å²) in [6, 6.07) is 45.3. The number of ether oxygens (including phenoxy) is 1. The van der Waals surface area contributed by atoms with Crippen LogP contribution in [0, 0.1) is 0 Å². The van der Waals surface area contributed by atoms with Gasteiger partial charge in [-0.25, -0.2) is 0 Å². The van der Waals surface area contributed by atoms with Crippen LogP contribution < -0.4 is 20.7 Å². The molecule has 13 nitrogen and oxygen atoms in total. The molecule has 13 heteroatoms. The zero-order chi connectivity index (χ0) is 60.7. The van der Waals surface area contributed by atoms with Gasteiger partial charge in [0.15, 0.2) is 17.3 Å². The average Bonchev–Trinajstić information content (AvgIpc) is 3.07. The van der Waals surface area contributed by atoms with Crippen LogP contribution in [0.15, 0.2) is 158 Å². The third kappa shape index (κ3) is 17.7. The second-order valence-corrected chi connectivity index (χ2v) is 21.0. The van der Waals surface area contributed by atoms with Crippen LogP contribution in [-0.2, 0) is 33.6 Å². The van der Waals surface area contributed by atoms with Crippen molar-refractivity contribution >= 4 is 102 Å². The van der Waals surface area contributed by atoms with Gasteiger partial charge in [-0.1, -0.05) is 101 Å². The topological polar surface area (TPSA) is 186 Å². The van der Waals surface area contributed by atoms with Crippen molar-refractivity contribution in [3.63, 3.8) is 0 Å². The minimum atomic E-state index is -0.0358. The van der Waals surface area contributed by atoms with E-state index in [1.807, 2.05) is 168 Å². The summed E-state index contributed by atoms with van der Waals surface area (Å²) in [5.74, 6) is 1.57. The molecule has 0 amide bonds. The van der Waals surface area contributed by atoms with E-state index in [0.717, 1.165) is 103 Å². The van der Waals surface area contributed by atoms with E-state index in [0.29, 0.717) is 98.9 Å². The summed E-state index contributed by atoms with van der Waals surface area (Å²) in [5, 5.41) is 12.9. The number of benzene rings is 6. The molecular weight excluding hydrogens is 1060 g/mol. The number of carbonyl (C=O) groups excluding carboxylic acids is 6. The zero-order valence-corrected chi connectivity index (χ0v) is 50.1. The first-order chi connectivity index (χ1) is 41.3. The number of hydrogen-bond donors (Lipinski definition) is 3. The number of rotatable bonds is 27. The quantitative estimate of drug-likeness (QED) is 0.0413. The molecule has 0 unspecified atom stereocenters. The van der Waals surface area contributed by atoms with Crippen LogP contribution >= 0.6 is 0 Å². The average molecular weight is 1140 g/mol. The molecule has 0 fully saturated rings. The Morgan fingerprint density at radius 3 is 1.15 bits per heavy atom. The Labute approximate surface area is 499 Å². The number of aromatic nitrogens is 3. The highest BCUT2D eigenvalue weighted by Gasteiger charge is 2.20. The molecule has 0 atom stereocenters. The highest BCUT2D eigenvalue weighted by Crippen LogP contribution is 2.36. The highest BCUT2D eigenvalue weighted by atomic mass is 16.5. The Kier molecular flexibility index (Phi) is 23.8. The minimum Gasteiger partial charge on any atom is -0.496 e. The van der Waals surface area contributed by atoms with E-state index in [4.69, 9.17) is 4.74 Å². The lowest BCUT2D eigenvalue weighted by atomic mass is 9.99. The summed E-state index contributed by atoms with van der Waals surface area (Å²) < 4.78 is 5.56. The number of carbonyl (C=O) groups is 6.